The molecule has 2 amide bonds. The molecule has 0 saturated heterocycles. The molecule has 2 N–H and O–H groups in total. The Balaban J connectivity index is 1.47. The molecule has 5 nitrogen and oxygen atoms in total. The number of anilines is 2. The van der Waals surface area contributed by atoms with E-state index in [9.17, 15) is 9.59 Å². The highest BCUT2D eigenvalue weighted by Crippen LogP contribution is 2.37. The first kappa shape index (κ1) is 24.6. The predicted molar refractivity (Wildman–Crippen MR) is 145 cm³/mol. The molecule has 1 unspecified atom stereocenters. The molecule has 0 aliphatic heterocycles. The van der Waals surface area contributed by atoms with Crippen LogP contribution in [0.25, 0.3) is 0 Å². The van der Waals surface area contributed by atoms with Crippen LogP contribution in [0.4, 0.5) is 11.4 Å². The third-order valence-corrected chi connectivity index (χ3v) is 7.15. The number of hydrogen-bond acceptors (Lipinski definition) is 4. The Hall–Kier alpha value is -3.55. The second kappa shape index (κ2) is 11.7. The SMILES string of the molecule is COc1ccc(C(=O)Nc2ccc(SC(C(=O)Nc3ccccc3Br)c3ccccc3)cc2)cc1. The molecule has 0 aliphatic carbocycles. The summed E-state index contributed by atoms with van der Waals surface area (Å²) in [6.07, 6.45) is 0. The van der Waals surface area contributed by atoms with Crippen molar-refractivity contribution in [2.75, 3.05) is 17.7 Å². The van der Waals surface area contributed by atoms with E-state index in [0.29, 0.717) is 17.0 Å². The van der Waals surface area contributed by atoms with Gasteiger partial charge in [0.05, 0.1) is 12.8 Å². The smallest absolute Gasteiger partial charge is 0.255 e. The first-order chi connectivity index (χ1) is 17.0. The van der Waals surface area contributed by atoms with Gasteiger partial charge in [-0.1, -0.05) is 42.5 Å². The third kappa shape index (κ3) is 6.53. The fourth-order valence-corrected chi connectivity index (χ4v) is 4.77. The second-order valence-electron chi connectivity index (χ2n) is 7.58. The third-order valence-electron chi connectivity index (χ3n) is 5.19. The normalized spacial score (nSPS) is 11.4. The Labute approximate surface area is 217 Å². The molecule has 176 valence electrons. The van der Waals surface area contributed by atoms with Gasteiger partial charge in [-0.25, -0.2) is 0 Å². The monoisotopic (exact) mass is 546 g/mol. The highest BCUT2D eigenvalue weighted by molar-refractivity contribution is 9.10. The van der Waals surface area contributed by atoms with Crippen LogP contribution in [-0.2, 0) is 4.79 Å². The number of benzene rings is 4. The largest absolute Gasteiger partial charge is 0.497 e. The van der Waals surface area contributed by atoms with E-state index in [2.05, 4.69) is 26.6 Å². The zero-order valence-electron chi connectivity index (χ0n) is 18.9. The highest BCUT2D eigenvalue weighted by Gasteiger charge is 2.23. The molecule has 4 aromatic rings. The van der Waals surface area contributed by atoms with E-state index in [-0.39, 0.29) is 11.8 Å². The van der Waals surface area contributed by atoms with Crippen LogP contribution >= 0.6 is 27.7 Å². The lowest BCUT2D eigenvalue weighted by Gasteiger charge is -2.18. The summed E-state index contributed by atoms with van der Waals surface area (Å²) < 4.78 is 5.96. The number of hydrogen-bond donors (Lipinski definition) is 2. The number of para-hydroxylation sites is 1. The molecule has 0 radical (unpaired) electrons. The molecule has 4 aromatic carbocycles. The van der Waals surface area contributed by atoms with E-state index in [1.165, 1.54) is 11.8 Å². The molecule has 0 bridgehead atoms. The summed E-state index contributed by atoms with van der Waals surface area (Å²) in [7, 11) is 1.58. The summed E-state index contributed by atoms with van der Waals surface area (Å²) in [6.45, 7) is 0. The maximum Gasteiger partial charge on any atom is 0.255 e. The average Bonchev–Trinajstić information content (AvgIpc) is 2.90. The van der Waals surface area contributed by atoms with E-state index in [1.807, 2.05) is 78.9 Å². The molecule has 1 atom stereocenters. The summed E-state index contributed by atoms with van der Waals surface area (Å²) >= 11 is 4.94. The van der Waals surface area contributed by atoms with Crippen molar-refractivity contribution in [2.45, 2.75) is 10.1 Å². The Morgan fingerprint density at radius 2 is 1.46 bits per heavy atom. The summed E-state index contributed by atoms with van der Waals surface area (Å²) in [5.74, 6) is 0.368. The molecule has 0 aliphatic rings. The Morgan fingerprint density at radius 1 is 0.800 bits per heavy atom. The van der Waals surface area contributed by atoms with Crippen molar-refractivity contribution >= 4 is 50.9 Å². The summed E-state index contributed by atoms with van der Waals surface area (Å²) in [5.41, 5.74) is 2.83. The van der Waals surface area contributed by atoms with Crippen molar-refractivity contribution in [1.29, 1.82) is 0 Å². The zero-order valence-corrected chi connectivity index (χ0v) is 21.3. The van der Waals surface area contributed by atoms with Crippen LogP contribution in [-0.4, -0.2) is 18.9 Å². The number of rotatable bonds is 8. The number of carbonyl (C=O) groups is 2. The van der Waals surface area contributed by atoms with Crippen molar-refractivity contribution < 1.29 is 14.3 Å². The number of methoxy groups -OCH3 is 1. The van der Waals surface area contributed by atoms with Gasteiger partial charge in [-0.05, 0) is 82.2 Å². The van der Waals surface area contributed by atoms with Crippen molar-refractivity contribution in [1.82, 2.24) is 0 Å². The fourth-order valence-electron chi connectivity index (χ4n) is 3.36. The molecule has 4 rings (SSSR count). The van der Waals surface area contributed by atoms with Gasteiger partial charge < -0.3 is 15.4 Å². The number of nitrogens with one attached hydrogen (secondary N) is 2. The lowest BCUT2D eigenvalue weighted by Crippen LogP contribution is -2.19. The predicted octanol–water partition coefficient (Wildman–Crippen LogP) is 7.18. The molecule has 0 spiro atoms. The van der Waals surface area contributed by atoms with Crippen molar-refractivity contribution in [3.63, 3.8) is 0 Å². The Morgan fingerprint density at radius 3 is 2.11 bits per heavy atom. The molecular formula is C28H23BrN2O3S. The fraction of sp³-hybridized carbons (Fsp3) is 0.0714. The van der Waals surface area contributed by atoms with Crippen molar-refractivity contribution in [2.24, 2.45) is 0 Å². The van der Waals surface area contributed by atoms with Crippen LogP contribution in [0.2, 0.25) is 0 Å². The van der Waals surface area contributed by atoms with Gasteiger partial charge in [-0.15, -0.1) is 11.8 Å². The standard InChI is InChI=1S/C28H23BrN2O3S/c1-34-22-15-11-20(12-16-22)27(32)30-21-13-17-23(18-14-21)35-26(19-7-3-2-4-8-19)28(33)31-25-10-6-5-9-24(25)29/h2-18,26H,1H3,(H,30,32)(H,31,33). The number of ether oxygens (including phenoxy) is 1. The summed E-state index contributed by atoms with van der Waals surface area (Å²) in [5, 5.41) is 5.46. The first-order valence-electron chi connectivity index (χ1n) is 10.9. The minimum atomic E-state index is -0.456. The molecule has 0 heterocycles. The van der Waals surface area contributed by atoms with Crippen LogP contribution < -0.4 is 15.4 Å². The van der Waals surface area contributed by atoms with E-state index >= 15 is 0 Å². The topological polar surface area (TPSA) is 67.4 Å². The van der Waals surface area contributed by atoms with Crippen LogP contribution in [0.1, 0.15) is 21.2 Å². The van der Waals surface area contributed by atoms with E-state index in [1.54, 1.807) is 31.4 Å². The van der Waals surface area contributed by atoms with Crippen LogP contribution in [0.15, 0.2) is 112 Å². The molecule has 35 heavy (non-hydrogen) atoms. The van der Waals surface area contributed by atoms with Crippen LogP contribution in [0, 0.1) is 0 Å². The van der Waals surface area contributed by atoms with Crippen molar-refractivity contribution in [3.8, 4) is 5.75 Å². The molecular weight excluding hydrogens is 524 g/mol. The Kier molecular flexibility index (Phi) is 8.23. The second-order valence-corrected chi connectivity index (χ2v) is 9.62. The molecule has 0 aromatic heterocycles. The molecule has 0 saturated carbocycles. The molecule has 7 heteroatoms. The number of thioether (sulfide) groups is 1. The maximum atomic E-state index is 13.3. The minimum absolute atomic E-state index is 0.120. The number of halogens is 1. The van der Waals surface area contributed by atoms with Gasteiger partial charge in [0.25, 0.3) is 5.91 Å². The average molecular weight is 547 g/mol. The van der Waals surface area contributed by atoms with E-state index in [0.717, 1.165) is 20.6 Å². The van der Waals surface area contributed by atoms with Crippen molar-refractivity contribution in [3.05, 3.63) is 119 Å². The minimum Gasteiger partial charge on any atom is -0.497 e. The number of amides is 2. The lowest BCUT2D eigenvalue weighted by molar-refractivity contribution is -0.115. The zero-order chi connectivity index (χ0) is 24.6. The van der Waals surface area contributed by atoms with Gasteiger partial charge in [0.1, 0.15) is 11.0 Å². The lowest BCUT2D eigenvalue weighted by atomic mass is 10.1. The number of carbonyl (C=O) groups excluding carboxylic acids is 2. The summed E-state index contributed by atoms with van der Waals surface area (Å²) in [4.78, 5) is 26.7. The van der Waals surface area contributed by atoms with E-state index < -0.39 is 5.25 Å². The van der Waals surface area contributed by atoms with E-state index in [4.69, 9.17) is 4.74 Å². The quantitative estimate of drug-likeness (QED) is 0.229. The highest BCUT2D eigenvalue weighted by atomic mass is 79.9. The molecule has 0 fully saturated rings. The van der Waals surface area contributed by atoms with Crippen LogP contribution in [0.5, 0.6) is 5.75 Å². The first-order valence-corrected chi connectivity index (χ1v) is 12.5. The van der Waals surface area contributed by atoms with Gasteiger partial charge in [0.2, 0.25) is 5.91 Å². The van der Waals surface area contributed by atoms with Gasteiger partial charge >= 0.3 is 0 Å². The Bertz CT molecular complexity index is 1300. The van der Waals surface area contributed by atoms with Gasteiger partial charge in [-0.2, -0.15) is 0 Å². The van der Waals surface area contributed by atoms with Gasteiger partial charge in [0.15, 0.2) is 0 Å². The summed E-state index contributed by atoms with van der Waals surface area (Å²) in [6, 6.07) is 31.6. The van der Waals surface area contributed by atoms with Crippen LogP contribution in [0.3, 0.4) is 0 Å². The maximum absolute atomic E-state index is 13.3. The van der Waals surface area contributed by atoms with Gasteiger partial charge in [0, 0.05) is 20.6 Å². The van der Waals surface area contributed by atoms with Gasteiger partial charge in [-0.3, -0.25) is 9.59 Å².